The summed E-state index contributed by atoms with van der Waals surface area (Å²) in [7, 11) is 0. The molecule has 0 aliphatic heterocycles. The summed E-state index contributed by atoms with van der Waals surface area (Å²) in [4.78, 5) is 34.0. The van der Waals surface area contributed by atoms with Gasteiger partial charge in [-0.2, -0.15) is 0 Å². The largest absolute Gasteiger partial charge is 0.481 e. The molecule has 1 saturated carbocycles. The molecule has 19 heavy (non-hydrogen) atoms. The summed E-state index contributed by atoms with van der Waals surface area (Å²) in [6.45, 7) is 3.87. The van der Waals surface area contributed by atoms with E-state index < -0.39 is 23.6 Å². The molecule has 0 spiro atoms. The SMILES string of the molecule is CCNC(=O)C(C)NC(=O)NC1(CC(=O)O)CCC1. The summed E-state index contributed by atoms with van der Waals surface area (Å²) in [5.41, 5.74) is -0.656. The van der Waals surface area contributed by atoms with E-state index in [1.165, 1.54) is 0 Å². The van der Waals surface area contributed by atoms with Gasteiger partial charge in [0, 0.05) is 6.54 Å². The number of amides is 3. The molecule has 7 heteroatoms. The van der Waals surface area contributed by atoms with Gasteiger partial charge in [0.25, 0.3) is 0 Å². The Labute approximate surface area is 112 Å². The lowest BCUT2D eigenvalue weighted by Gasteiger charge is -2.41. The lowest BCUT2D eigenvalue weighted by atomic mass is 9.74. The van der Waals surface area contributed by atoms with Crippen LogP contribution in [0.1, 0.15) is 39.5 Å². The number of urea groups is 1. The van der Waals surface area contributed by atoms with Crippen LogP contribution in [0.3, 0.4) is 0 Å². The van der Waals surface area contributed by atoms with Gasteiger partial charge in [0.2, 0.25) is 5.91 Å². The minimum absolute atomic E-state index is 0.0873. The first kappa shape index (κ1) is 15.3. The molecule has 1 unspecified atom stereocenters. The Morgan fingerprint density at radius 2 is 1.95 bits per heavy atom. The van der Waals surface area contributed by atoms with Gasteiger partial charge in [-0.05, 0) is 33.1 Å². The molecule has 1 aliphatic carbocycles. The van der Waals surface area contributed by atoms with Crippen molar-refractivity contribution in [3.63, 3.8) is 0 Å². The van der Waals surface area contributed by atoms with Crippen LogP contribution in [0.4, 0.5) is 4.79 Å². The first-order chi connectivity index (χ1) is 8.88. The molecule has 0 heterocycles. The maximum Gasteiger partial charge on any atom is 0.315 e. The van der Waals surface area contributed by atoms with E-state index in [1.54, 1.807) is 13.8 Å². The van der Waals surface area contributed by atoms with Crippen molar-refractivity contribution >= 4 is 17.9 Å². The summed E-state index contributed by atoms with van der Waals surface area (Å²) in [5.74, 6) is -1.20. The average molecular weight is 271 g/mol. The predicted molar refractivity (Wildman–Crippen MR) is 68.6 cm³/mol. The minimum atomic E-state index is -0.934. The predicted octanol–water partition coefficient (Wildman–Crippen LogP) is 0.208. The third-order valence-corrected chi connectivity index (χ3v) is 3.27. The molecule has 0 saturated heterocycles. The highest BCUT2D eigenvalue weighted by atomic mass is 16.4. The van der Waals surface area contributed by atoms with Crippen LogP contribution in [0.25, 0.3) is 0 Å². The Hall–Kier alpha value is -1.79. The van der Waals surface area contributed by atoms with Crippen molar-refractivity contribution in [3.05, 3.63) is 0 Å². The first-order valence-corrected chi connectivity index (χ1v) is 6.47. The number of nitrogens with one attached hydrogen (secondary N) is 3. The number of hydrogen-bond acceptors (Lipinski definition) is 3. The lowest BCUT2D eigenvalue weighted by molar-refractivity contribution is -0.139. The van der Waals surface area contributed by atoms with E-state index in [0.717, 1.165) is 6.42 Å². The van der Waals surface area contributed by atoms with Crippen LogP contribution in [0, 0.1) is 0 Å². The molecule has 4 N–H and O–H groups in total. The zero-order valence-corrected chi connectivity index (χ0v) is 11.3. The van der Waals surface area contributed by atoms with Crippen molar-refractivity contribution in [2.45, 2.75) is 51.1 Å². The van der Waals surface area contributed by atoms with E-state index in [0.29, 0.717) is 19.4 Å². The number of carbonyl (C=O) groups excluding carboxylic acids is 2. The van der Waals surface area contributed by atoms with E-state index in [1.807, 2.05) is 0 Å². The third kappa shape index (κ3) is 4.42. The van der Waals surface area contributed by atoms with Crippen LogP contribution >= 0.6 is 0 Å². The van der Waals surface area contributed by atoms with E-state index in [9.17, 15) is 14.4 Å². The lowest BCUT2D eigenvalue weighted by Crippen LogP contribution is -2.59. The second-order valence-electron chi connectivity index (χ2n) is 4.92. The Kier molecular flexibility index (Phi) is 5.14. The van der Waals surface area contributed by atoms with E-state index in [4.69, 9.17) is 5.11 Å². The summed E-state index contributed by atoms with van der Waals surface area (Å²) >= 11 is 0. The number of aliphatic carboxylic acids is 1. The molecular formula is C12H21N3O4. The fourth-order valence-electron chi connectivity index (χ4n) is 2.11. The first-order valence-electron chi connectivity index (χ1n) is 6.47. The van der Waals surface area contributed by atoms with Gasteiger partial charge < -0.3 is 21.1 Å². The topological polar surface area (TPSA) is 108 Å². The van der Waals surface area contributed by atoms with Gasteiger partial charge in [0.1, 0.15) is 6.04 Å². The molecule has 0 aromatic heterocycles. The molecular weight excluding hydrogens is 250 g/mol. The van der Waals surface area contributed by atoms with Crippen molar-refractivity contribution in [2.24, 2.45) is 0 Å². The Morgan fingerprint density at radius 3 is 2.37 bits per heavy atom. The molecule has 1 rings (SSSR count). The maximum atomic E-state index is 11.8. The molecule has 0 bridgehead atoms. The molecule has 3 amide bonds. The molecule has 0 aromatic rings. The van der Waals surface area contributed by atoms with Gasteiger partial charge in [0.05, 0.1) is 12.0 Å². The molecule has 0 aromatic carbocycles. The van der Waals surface area contributed by atoms with Crippen LogP contribution < -0.4 is 16.0 Å². The Bertz CT molecular complexity index is 366. The number of hydrogen-bond donors (Lipinski definition) is 4. The van der Waals surface area contributed by atoms with Crippen molar-refractivity contribution < 1.29 is 19.5 Å². The van der Waals surface area contributed by atoms with Crippen LogP contribution in [0.15, 0.2) is 0 Å². The van der Waals surface area contributed by atoms with Crippen LogP contribution in [-0.2, 0) is 9.59 Å². The molecule has 1 aliphatic rings. The zero-order valence-electron chi connectivity index (χ0n) is 11.3. The Balaban J connectivity index is 2.45. The smallest absolute Gasteiger partial charge is 0.315 e. The number of carboxylic acid groups (broad SMARTS) is 1. The third-order valence-electron chi connectivity index (χ3n) is 3.27. The van der Waals surface area contributed by atoms with Gasteiger partial charge in [-0.1, -0.05) is 0 Å². The highest BCUT2D eigenvalue weighted by Gasteiger charge is 2.40. The van der Waals surface area contributed by atoms with Crippen molar-refractivity contribution in [3.8, 4) is 0 Å². The van der Waals surface area contributed by atoms with E-state index >= 15 is 0 Å². The zero-order chi connectivity index (χ0) is 14.5. The molecule has 108 valence electrons. The number of carbonyl (C=O) groups is 3. The van der Waals surface area contributed by atoms with Gasteiger partial charge >= 0.3 is 12.0 Å². The molecule has 1 fully saturated rings. The monoisotopic (exact) mass is 271 g/mol. The second-order valence-corrected chi connectivity index (χ2v) is 4.92. The highest BCUT2D eigenvalue weighted by Crippen LogP contribution is 2.34. The Morgan fingerprint density at radius 1 is 1.32 bits per heavy atom. The summed E-state index contributed by atoms with van der Waals surface area (Å²) < 4.78 is 0. The van der Waals surface area contributed by atoms with Gasteiger partial charge in [-0.3, -0.25) is 9.59 Å². The normalized spacial score (nSPS) is 17.8. The minimum Gasteiger partial charge on any atom is -0.481 e. The maximum absolute atomic E-state index is 11.8. The summed E-state index contributed by atoms with van der Waals surface area (Å²) in [6, 6.07) is -1.15. The summed E-state index contributed by atoms with van der Waals surface area (Å²) in [6.07, 6.45) is 2.12. The van der Waals surface area contributed by atoms with Crippen LogP contribution in [0.5, 0.6) is 0 Å². The molecule has 7 nitrogen and oxygen atoms in total. The standard InChI is InChI=1S/C12H21N3O4/c1-3-13-10(18)8(2)14-11(19)15-12(5-4-6-12)7-9(16)17/h8H,3-7H2,1-2H3,(H,13,18)(H,16,17)(H2,14,15,19). The average Bonchev–Trinajstić information content (AvgIpc) is 2.25. The van der Waals surface area contributed by atoms with Crippen molar-refractivity contribution in [1.29, 1.82) is 0 Å². The van der Waals surface area contributed by atoms with Crippen molar-refractivity contribution in [1.82, 2.24) is 16.0 Å². The van der Waals surface area contributed by atoms with E-state index in [2.05, 4.69) is 16.0 Å². The van der Waals surface area contributed by atoms with Gasteiger partial charge in [-0.25, -0.2) is 4.79 Å². The van der Waals surface area contributed by atoms with Crippen LogP contribution in [-0.4, -0.2) is 41.1 Å². The van der Waals surface area contributed by atoms with E-state index in [-0.39, 0.29) is 12.3 Å². The molecule has 1 atom stereocenters. The highest BCUT2D eigenvalue weighted by molar-refractivity contribution is 5.87. The quantitative estimate of drug-likeness (QED) is 0.553. The van der Waals surface area contributed by atoms with Gasteiger partial charge in [-0.15, -0.1) is 0 Å². The fourth-order valence-corrected chi connectivity index (χ4v) is 2.11. The number of carboxylic acids is 1. The van der Waals surface area contributed by atoms with Crippen LogP contribution in [0.2, 0.25) is 0 Å². The molecule has 0 radical (unpaired) electrons. The fraction of sp³-hybridized carbons (Fsp3) is 0.750. The number of rotatable bonds is 6. The summed E-state index contributed by atoms with van der Waals surface area (Å²) in [5, 5.41) is 16.6. The van der Waals surface area contributed by atoms with Crippen molar-refractivity contribution in [2.75, 3.05) is 6.54 Å². The second kappa shape index (κ2) is 6.40. The number of likely N-dealkylation sites (N-methyl/N-ethyl adjacent to an activating group) is 1. The van der Waals surface area contributed by atoms with Gasteiger partial charge in [0.15, 0.2) is 0 Å².